The van der Waals surface area contributed by atoms with Crippen molar-refractivity contribution in [1.29, 1.82) is 0 Å². The zero-order valence-corrected chi connectivity index (χ0v) is 16.3. The molecule has 0 saturated carbocycles. The van der Waals surface area contributed by atoms with Crippen molar-refractivity contribution in [2.45, 2.75) is 12.8 Å². The summed E-state index contributed by atoms with van der Waals surface area (Å²) in [5.74, 6) is 0.463. The van der Waals surface area contributed by atoms with Gasteiger partial charge in [0.2, 0.25) is 17.8 Å². The predicted molar refractivity (Wildman–Crippen MR) is 109 cm³/mol. The molecule has 29 heavy (non-hydrogen) atoms. The van der Waals surface area contributed by atoms with E-state index in [9.17, 15) is 9.59 Å². The second-order valence-electron chi connectivity index (χ2n) is 6.43. The van der Waals surface area contributed by atoms with Crippen molar-refractivity contribution < 1.29 is 9.59 Å². The number of rotatable bonds is 4. The van der Waals surface area contributed by atoms with Crippen LogP contribution in [0.4, 0.5) is 17.5 Å². The van der Waals surface area contributed by atoms with Crippen molar-refractivity contribution in [3.63, 3.8) is 0 Å². The molecule has 0 spiro atoms. The van der Waals surface area contributed by atoms with Gasteiger partial charge < -0.3 is 5.32 Å². The van der Waals surface area contributed by atoms with E-state index in [1.165, 1.54) is 10.0 Å². The molecular formula is C20H17ClN6O2. The van der Waals surface area contributed by atoms with E-state index >= 15 is 0 Å². The number of pyridine rings is 1. The van der Waals surface area contributed by atoms with Gasteiger partial charge in [-0.1, -0.05) is 17.7 Å². The molecule has 1 aromatic carbocycles. The van der Waals surface area contributed by atoms with E-state index < -0.39 is 0 Å². The number of carbonyl (C=O) groups is 2. The molecule has 0 unspecified atom stereocenters. The van der Waals surface area contributed by atoms with Crippen LogP contribution in [-0.2, 0) is 9.59 Å². The van der Waals surface area contributed by atoms with E-state index in [0.717, 1.165) is 11.3 Å². The lowest BCUT2D eigenvalue weighted by atomic mass is 10.1. The maximum atomic E-state index is 12.3. The lowest BCUT2D eigenvalue weighted by Gasteiger charge is -2.34. The fraction of sp³-hybridized carbons (Fsp3) is 0.150. The standard InChI is InChI=1S/C20H17ClN6O2/c1-26-18(28)5-6-19(29)27(26)17-11-13(7-9-22-17)16-8-10-23-20(25-16)24-15-4-2-3-14(21)12-15/h2-4,7-12H,5-6H2,1H3,(H,23,24,25). The molecule has 2 amide bonds. The Hall–Kier alpha value is -3.52. The molecule has 3 aromatic rings. The zero-order valence-electron chi connectivity index (χ0n) is 15.5. The predicted octanol–water partition coefficient (Wildman–Crippen LogP) is 3.44. The van der Waals surface area contributed by atoms with Crippen LogP contribution in [0, 0.1) is 0 Å². The smallest absolute Gasteiger partial charge is 0.247 e. The SMILES string of the molecule is CN1C(=O)CCC(=O)N1c1cc(-c2ccnc(Nc3cccc(Cl)c3)n2)ccn1. The van der Waals surface area contributed by atoms with Crippen LogP contribution < -0.4 is 10.3 Å². The molecule has 3 heterocycles. The lowest BCUT2D eigenvalue weighted by molar-refractivity contribution is -0.140. The van der Waals surface area contributed by atoms with E-state index in [1.54, 1.807) is 49.8 Å². The van der Waals surface area contributed by atoms with Gasteiger partial charge in [0.1, 0.15) is 0 Å². The van der Waals surface area contributed by atoms with Crippen LogP contribution in [0.2, 0.25) is 5.02 Å². The van der Waals surface area contributed by atoms with Gasteiger partial charge in [-0.3, -0.25) is 9.59 Å². The molecule has 9 heteroatoms. The highest BCUT2D eigenvalue weighted by Gasteiger charge is 2.31. The third-order valence-electron chi connectivity index (χ3n) is 4.44. The minimum absolute atomic E-state index is 0.133. The quantitative estimate of drug-likeness (QED) is 0.711. The Bertz CT molecular complexity index is 1090. The summed E-state index contributed by atoms with van der Waals surface area (Å²) in [7, 11) is 1.56. The number of benzene rings is 1. The molecule has 1 N–H and O–H groups in total. The molecule has 0 aliphatic carbocycles. The fourth-order valence-electron chi connectivity index (χ4n) is 3.01. The summed E-state index contributed by atoms with van der Waals surface area (Å²) in [5, 5.41) is 6.31. The molecule has 0 radical (unpaired) electrons. The van der Waals surface area contributed by atoms with Gasteiger partial charge >= 0.3 is 0 Å². The Labute approximate surface area is 172 Å². The summed E-state index contributed by atoms with van der Waals surface area (Å²) in [4.78, 5) is 37.3. The van der Waals surface area contributed by atoms with Crippen LogP contribution in [0.5, 0.6) is 0 Å². The number of hydrogen-bond donors (Lipinski definition) is 1. The minimum Gasteiger partial charge on any atom is -0.324 e. The summed E-state index contributed by atoms with van der Waals surface area (Å²) in [6.45, 7) is 0. The van der Waals surface area contributed by atoms with Gasteiger partial charge in [0.15, 0.2) is 5.82 Å². The molecule has 1 fully saturated rings. The van der Waals surface area contributed by atoms with Crippen molar-refractivity contribution in [1.82, 2.24) is 20.0 Å². The van der Waals surface area contributed by atoms with Crippen LogP contribution >= 0.6 is 11.6 Å². The molecule has 1 aliphatic rings. The molecular weight excluding hydrogens is 392 g/mol. The van der Waals surface area contributed by atoms with Crippen LogP contribution in [0.1, 0.15) is 12.8 Å². The highest BCUT2D eigenvalue weighted by atomic mass is 35.5. The highest BCUT2D eigenvalue weighted by molar-refractivity contribution is 6.30. The summed E-state index contributed by atoms with van der Waals surface area (Å²) in [6, 6.07) is 12.5. The molecule has 1 aliphatic heterocycles. The first-order valence-electron chi connectivity index (χ1n) is 8.93. The van der Waals surface area contributed by atoms with Gasteiger partial charge in [-0.05, 0) is 36.4 Å². The normalized spacial score (nSPS) is 14.3. The van der Waals surface area contributed by atoms with E-state index in [-0.39, 0.29) is 24.7 Å². The average Bonchev–Trinajstić information content (AvgIpc) is 2.72. The first-order chi connectivity index (χ1) is 14.0. The number of halogens is 1. The number of anilines is 3. The highest BCUT2D eigenvalue weighted by Crippen LogP contribution is 2.26. The number of amides is 2. The Balaban J connectivity index is 1.63. The monoisotopic (exact) mass is 408 g/mol. The van der Waals surface area contributed by atoms with Crippen LogP contribution in [-0.4, -0.2) is 38.8 Å². The summed E-state index contributed by atoms with van der Waals surface area (Å²) in [6.07, 6.45) is 3.58. The number of carbonyl (C=O) groups excluding carboxylic acids is 2. The van der Waals surface area contributed by atoms with E-state index in [4.69, 9.17) is 11.6 Å². The second kappa shape index (κ2) is 7.84. The van der Waals surface area contributed by atoms with E-state index in [1.807, 2.05) is 12.1 Å². The van der Waals surface area contributed by atoms with Crippen LogP contribution in [0.3, 0.4) is 0 Å². The van der Waals surface area contributed by atoms with E-state index in [2.05, 4.69) is 20.3 Å². The first kappa shape index (κ1) is 18.8. The molecule has 0 bridgehead atoms. The summed E-state index contributed by atoms with van der Waals surface area (Å²) in [5.41, 5.74) is 2.15. The Morgan fingerprint density at radius 1 is 1.00 bits per heavy atom. The lowest BCUT2D eigenvalue weighted by Crippen LogP contribution is -2.52. The third-order valence-corrected chi connectivity index (χ3v) is 4.68. The molecule has 0 atom stereocenters. The third kappa shape index (κ3) is 4.02. The van der Waals surface area contributed by atoms with Gasteiger partial charge in [0, 0.05) is 48.6 Å². The first-order valence-corrected chi connectivity index (χ1v) is 9.30. The van der Waals surface area contributed by atoms with Crippen LogP contribution in [0.25, 0.3) is 11.3 Å². The van der Waals surface area contributed by atoms with Gasteiger partial charge in [0.25, 0.3) is 0 Å². The summed E-state index contributed by atoms with van der Waals surface area (Å²) < 4.78 is 0. The summed E-state index contributed by atoms with van der Waals surface area (Å²) >= 11 is 6.02. The average molecular weight is 409 g/mol. The van der Waals surface area contributed by atoms with Crippen molar-refractivity contribution in [2.24, 2.45) is 0 Å². The van der Waals surface area contributed by atoms with Crippen molar-refractivity contribution in [3.05, 3.63) is 59.9 Å². The maximum absolute atomic E-state index is 12.3. The molecule has 4 rings (SSSR count). The zero-order chi connectivity index (χ0) is 20.4. The van der Waals surface area contributed by atoms with Crippen molar-refractivity contribution in [2.75, 3.05) is 17.4 Å². The van der Waals surface area contributed by atoms with Gasteiger partial charge in [-0.15, -0.1) is 0 Å². The molecule has 1 saturated heterocycles. The molecule has 8 nitrogen and oxygen atoms in total. The van der Waals surface area contributed by atoms with Crippen molar-refractivity contribution >= 4 is 40.9 Å². The number of aromatic nitrogens is 3. The molecule has 146 valence electrons. The number of hydrazine groups is 1. The molecule has 2 aromatic heterocycles. The number of nitrogens with zero attached hydrogens (tertiary/aromatic N) is 5. The number of nitrogens with one attached hydrogen (secondary N) is 1. The Morgan fingerprint density at radius 3 is 2.62 bits per heavy atom. The van der Waals surface area contributed by atoms with Crippen molar-refractivity contribution in [3.8, 4) is 11.3 Å². The minimum atomic E-state index is -0.178. The van der Waals surface area contributed by atoms with Gasteiger partial charge in [-0.25, -0.2) is 25.0 Å². The topological polar surface area (TPSA) is 91.3 Å². The second-order valence-corrected chi connectivity index (χ2v) is 6.86. The largest absolute Gasteiger partial charge is 0.324 e. The van der Waals surface area contributed by atoms with Gasteiger partial charge in [-0.2, -0.15) is 0 Å². The fourth-order valence-corrected chi connectivity index (χ4v) is 3.20. The number of hydrogen-bond acceptors (Lipinski definition) is 6. The van der Waals surface area contributed by atoms with Crippen LogP contribution in [0.15, 0.2) is 54.9 Å². The van der Waals surface area contributed by atoms with E-state index in [0.29, 0.717) is 22.5 Å². The van der Waals surface area contributed by atoms with Gasteiger partial charge in [0.05, 0.1) is 5.69 Å². The maximum Gasteiger partial charge on any atom is 0.247 e. The Kier molecular flexibility index (Phi) is 5.09. The Morgan fingerprint density at radius 2 is 1.79 bits per heavy atom.